The minimum absolute atomic E-state index is 0.0393. The highest BCUT2D eigenvalue weighted by Gasteiger charge is 2.23. The summed E-state index contributed by atoms with van der Waals surface area (Å²) < 4.78 is 0. The first-order valence-corrected chi connectivity index (χ1v) is 5.56. The molecule has 0 saturated heterocycles. The van der Waals surface area contributed by atoms with Crippen LogP contribution in [-0.2, 0) is 4.79 Å². The molecule has 0 rings (SSSR count). The van der Waals surface area contributed by atoms with Crippen molar-refractivity contribution in [2.75, 3.05) is 13.7 Å². The lowest BCUT2D eigenvalue weighted by molar-refractivity contribution is -0.121. The Morgan fingerprint density at radius 3 is 2.53 bits per heavy atom. The Kier molecular flexibility index (Phi) is 6.52. The fourth-order valence-electron chi connectivity index (χ4n) is 1.62. The van der Waals surface area contributed by atoms with E-state index in [9.17, 15) is 4.79 Å². The third kappa shape index (κ3) is 5.74. The summed E-state index contributed by atoms with van der Waals surface area (Å²) in [5.41, 5.74) is -0.0812. The van der Waals surface area contributed by atoms with Gasteiger partial charge in [0.2, 0.25) is 5.91 Å². The average molecular weight is 216 g/mol. The zero-order valence-corrected chi connectivity index (χ0v) is 10.3. The Morgan fingerprint density at radius 1 is 1.53 bits per heavy atom. The summed E-state index contributed by atoms with van der Waals surface area (Å²) in [6.07, 6.45) is 2.12. The number of aliphatic hydroxyl groups is 1. The number of rotatable bonds is 7. The van der Waals surface area contributed by atoms with Crippen LogP contribution in [0.15, 0.2) is 0 Å². The zero-order valence-electron chi connectivity index (χ0n) is 10.3. The van der Waals surface area contributed by atoms with Gasteiger partial charge in [-0.1, -0.05) is 6.92 Å². The number of hydrogen-bond acceptors (Lipinski definition) is 3. The highest BCUT2D eigenvalue weighted by atomic mass is 16.3. The Labute approximate surface area is 92.4 Å². The molecule has 0 aromatic rings. The van der Waals surface area contributed by atoms with E-state index >= 15 is 0 Å². The molecule has 0 saturated carbocycles. The molecule has 0 aromatic heterocycles. The van der Waals surface area contributed by atoms with E-state index in [1.807, 2.05) is 6.92 Å². The Balaban J connectivity index is 4.11. The van der Waals surface area contributed by atoms with Crippen LogP contribution in [-0.4, -0.2) is 36.2 Å². The highest BCUT2D eigenvalue weighted by molar-refractivity contribution is 5.76. The van der Waals surface area contributed by atoms with Gasteiger partial charge in [0.05, 0.1) is 0 Å². The summed E-state index contributed by atoms with van der Waals surface area (Å²) in [4.78, 5) is 11.2. The molecule has 0 fully saturated rings. The van der Waals surface area contributed by atoms with E-state index in [1.54, 1.807) is 7.05 Å². The van der Waals surface area contributed by atoms with Crippen molar-refractivity contribution in [3.05, 3.63) is 0 Å². The molecule has 0 aromatic carbocycles. The average Bonchev–Trinajstić information content (AvgIpc) is 2.17. The third-order valence-electron chi connectivity index (χ3n) is 2.81. The van der Waals surface area contributed by atoms with Gasteiger partial charge < -0.3 is 15.7 Å². The molecule has 1 amide bonds. The lowest BCUT2D eigenvalue weighted by Gasteiger charge is -2.32. The summed E-state index contributed by atoms with van der Waals surface area (Å²) >= 11 is 0. The van der Waals surface area contributed by atoms with Crippen LogP contribution < -0.4 is 10.6 Å². The standard InChI is InChI=1S/C11H24N2O2/c1-5-11(3,6-7-14)13-9(2)8-10(15)12-4/h9,13-14H,5-8H2,1-4H3,(H,12,15). The monoisotopic (exact) mass is 216 g/mol. The van der Waals surface area contributed by atoms with Crippen molar-refractivity contribution in [1.82, 2.24) is 10.6 Å². The van der Waals surface area contributed by atoms with E-state index in [4.69, 9.17) is 5.11 Å². The molecule has 0 spiro atoms. The molecule has 0 aliphatic rings. The molecule has 4 nitrogen and oxygen atoms in total. The molecule has 0 heterocycles. The number of carbonyl (C=O) groups excluding carboxylic acids is 1. The van der Waals surface area contributed by atoms with Crippen molar-refractivity contribution in [3.63, 3.8) is 0 Å². The SMILES string of the molecule is CCC(C)(CCO)NC(C)CC(=O)NC. The molecule has 0 bridgehead atoms. The van der Waals surface area contributed by atoms with Gasteiger partial charge in [-0.15, -0.1) is 0 Å². The van der Waals surface area contributed by atoms with Gasteiger partial charge in [-0.25, -0.2) is 0 Å². The molecule has 0 aliphatic carbocycles. The first kappa shape index (κ1) is 14.4. The molecule has 15 heavy (non-hydrogen) atoms. The topological polar surface area (TPSA) is 61.4 Å². The van der Waals surface area contributed by atoms with E-state index in [2.05, 4.69) is 24.5 Å². The zero-order chi connectivity index (χ0) is 11.9. The predicted molar refractivity (Wildman–Crippen MR) is 61.7 cm³/mol. The molecule has 0 aliphatic heterocycles. The van der Waals surface area contributed by atoms with Gasteiger partial charge in [0.25, 0.3) is 0 Å². The second kappa shape index (κ2) is 6.80. The summed E-state index contributed by atoms with van der Waals surface area (Å²) in [6.45, 7) is 6.31. The number of nitrogens with one attached hydrogen (secondary N) is 2. The van der Waals surface area contributed by atoms with Crippen molar-refractivity contribution in [1.29, 1.82) is 0 Å². The maximum atomic E-state index is 11.2. The predicted octanol–water partition coefficient (Wildman–Crippen LogP) is 0.652. The quantitative estimate of drug-likeness (QED) is 0.585. The van der Waals surface area contributed by atoms with Gasteiger partial charge in [-0.2, -0.15) is 0 Å². The second-order valence-electron chi connectivity index (χ2n) is 4.31. The summed E-state index contributed by atoms with van der Waals surface area (Å²) in [7, 11) is 1.64. The smallest absolute Gasteiger partial charge is 0.221 e. The van der Waals surface area contributed by atoms with Crippen LogP contribution in [0.3, 0.4) is 0 Å². The highest BCUT2D eigenvalue weighted by Crippen LogP contribution is 2.15. The minimum atomic E-state index is -0.0812. The van der Waals surface area contributed by atoms with Gasteiger partial charge in [-0.05, 0) is 26.7 Å². The van der Waals surface area contributed by atoms with Crippen LogP contribution in [0.2, 0.25) is 0 Å². The van der Waals surface area contributed by atoms with Crippen LogP contribution in [0.25, 0.3) is 0 Å². The van der Waals surface area contributed by atoms with Crippen molar-refractivity contribution in [3.8, 4) is 0 Å². The molecule has 3 N–H and O–H groups in total. The fraction of sp³-hybridized carbons (Fsp3) is 0.909. The lowest BCUT2D eigenvalue weighted by atomic mass is 9.93. The molecule has 0 radical (unpaired) electrons. The number of amides is 1. The first-order valence-electron chi connectivity index (χ1n) is 5.56. The lowest BCUT2D eigenvalue weighted by Crippen LogP contribution is -2.48. The summed E-state index contributed by atoms with van der Waals surface area (Å²) in [6, 6.07) is 0.126. The van der Waals surface area contributed by atoms with Crippen LogP contribution in [0.5, 0.6) is 0 Å². The summed E-state index contributed by atoms with van der Waals surface area (Å²) in [5, 5.41) is 14.9. The number of hydrogen-bond donors (Lipinski definition) is 3. The second-order valence-corrected chi connectivity index (χ2v) is 4.31. The molecule has 2 atom stereocenters. The Hall–Kier alpha value is -0.610. The Morgan fingerprint density at radius 2 is 2.13 bits per heavy atom. The van der Waals surface area contributed by atoms with E-state index in [1.165, 1.54) is 0 Å². The Bertz CT molecular complexity index is 197. The maximum absolute atomic E-state index is 11.2. The van der Waals surface area contributed by atoms with Crippen molar-refractivity contribution in [2.24, 2.45) is 0 Å². The first-order chi connectivity index (χ1) is 6.97. The van der Waals surface area contributed by atoms with E-state index in [0.717, 1.165) is 6.42 Å². The van der Waals surface area contributed by atoms with Crippen LogP contribution >= 0.6 is 0 Å². The maximum Gasteiger partial charge on any atom is 0.221 e. The van der Waals surface area contributed by atoms with Crippen molar-refractivity contribution < 1.29 is 9.90 Å². The van der Waals surface area contributed by atoms with Crippen molar-refractivity contribution >= 4 is 5.91 Å². The number of carbonyl (C=O) groups is 1. The van der Waals surface area contributed by atoms with Gasteiger partial charge in [0.1, 0.15) is 0 Å². The molecule has 90 valence electrons. The van der Waals surface area contributed by atoms with Gasteiger partial charge in [0, 0.05) is 31.7 Å². The number of aliphatic hydroxyl groups excluding tert-OH is 1. The molecular formula is C11H24N2O2. The molecular weight excluding hydrogens is 192 g/mol. The largest absolute Gasteiger partial charge is 0.396 e. The van der Waals surface area contributed by atoms with Gasteiger partial charge in [0.15, 0.2) is 0 Å². The minimum Gasteiger partial charge on any atom is -0.396 e. The third-order valence-corrected chi connectivity index (χ3v) is 2.81. The summed E-state index contributed by atoms with van der Waals surface area (Å²) in [5.74, 6) is 0.0393. The van der Waals surface area contributed by atoms with Crippen molar-refractivity contribution in [2.45, 2.75) is 51.6 Å². The fourth-order valence-corrected chi connectivity index (χ4v) is 1.62. The van der Waals surface area contributed by atoms with E-state index in [0.29, 0.717) is 12.8 Å². The van der Waals surface area contributed by atoms with Crippen LogP contribution in [0, 0.1) is 0 Å². The van der Waals surface area contributed by atoms with E-state index in [-0.39, 0.29) is 24.1 Å². The van der Waals surface area contributed by atoms with Gasteiger partial charge in [-0.3, -0.25) is 4.79 Å². The van der Waals surface area contributed by atoms with Crippen LogP contribution in [0.1, 0.15) is 40.0 Å². The van der Waals surface area contributed by atoms with Crippen LogP contribution in [0.4, 0.5) is 0 Å². The molecule has 2 unspecified atom stereocenters. The normalized spacial score (nSPS) is 16.9. The van der Waals surface area contributed by atoms with E-state index < -0.39 is 0 Å². The molecule has 4 heteroatoms. The van der Waals surface area contributed by atoms with Gasteiger partial charge >= 0.3 is 0 Å².